The van der Waals surface area contributed by atoms with Crippen LogP contribution in [0.3, 0.4) is 0 Å². The number of alkyl carbamates (subject to hydrolysis) is 1. The van der Waals surface area contributed by atoms with Crippen molar-refractivity contribution in [2.45, 2.75) is 156 Å². The minimum absolute atomic E-state index is 0.0339. The molecule has 3 aliphatic carbocycles. The second-order valence-corrected chi connectivity index (χ2v) is 21.1. The van der Waals surface area contributed by atoms with Crippen molar-refractivity contribution in [2.75, 3.05) is 13.3 Å². The van der Waals surface area contributed by atoms with Crippen molar-refractivity contribution < 1.29 is 59.7 Å². The largest absolute Gasteiger partial charge is 0.483 e. The van der Waals surface area contributed by atoms with Gasteiger partial charge in [0.15, 0.2) is 11.5 Å². The Morgan fingerprint density at radius 1 is 1.00 bits per heavy atom. The van der Waals surface area contributed by atoms with Gasteiger partial charge in [0.05, 0.1) is 27.9 Å². The number of carbonyl (C=O) groups excluding carboxylic acids is 4. The van der Waals surface area contributed by atoms with Crippen molar-refractivity contribution in [3.8, 4) is 17.2 Å². The molecule has 3 saturated carbocycles. The van der Waals surface area contributed by atoms with E-state index in [9.17, 15) is 40.8 Å². The minimum atomic E-state index is -4.90. The van der Waals surface area contributed by atoms with Crippen molar-refractivity contribution in [1.82, 2.24) is 25.2 Å². The summed E-state index contributed by atoms with van der Waals surface area (Å²) in [4.78, 5) is 63.6. The van der Waals surface area contributed by atoms with Crippen molar-refractivity contribution in [3.05, 3.63) is 35.5 Å². The molecule has 3 N–H and O–H groups in total. The van der Waals surface area contributed by atoms with Gasteiger partial charge in [0, 0.05) is 23.8 Å². The van der Waals surface area contributed by atoms with Gasteiger partial charge in [-0.05, 0) is 104 Å². The van der Waals surface area contributed by atoms with Crippen LogP contribution in [-0.2, 0) is 35.6 Å². The lowest BCUT2D eigenvalue weighted by Crippen LogP contribution is -2.70. The molecule has 2 aromatic rings. The number of hydrogen-bond donors (Lipinski definition) is 3. The van der Waals surface area contributed by atoms with Crippen LogP contribution in [0.25, 0.3) is 10.9 Å². The van der Waals surface area contributed by atoms with E-state index in [1.165, 1.54) is 4.90 Å². The van der Waals surface area contributed by atoms with Gasteiger partial charge >= 0.3 is 12.3 Å². The highest BCUT2D eigenvalue weighted by Gasteiger charge is 2.60. The molecule has 1 aromatic carbocycles. The van der Waals surface area contributed by atoms with E-state index in [1.54, 1.807) is 6.92 Å². The molecule has 1 aromatic heterocycles. The summed E-state index contributed by atoms with van der Waals surface area (Å²) in [5.41, 5.74) is -3.36. The summed E-state index contributed by atoms with van der Waals surface area (Å²) < 4.78 is 92.8. The quantitative estimate of drug-likeness (QED) is 0.301. The van der Waals surface area contributed by atoms with Crippen LogP contribution in [0.1, 0.15) is 121 Å². The SMILES string of the molecule is CC(C)(OC(=O)N[C@H]1CCCCC/C=C\[C@@H]2CC[C@@]2(C(=O)NS(=O)(=O)C2(C)CC2)NC(=O)[C@@H]2C[C@]3(CCc4c(c(C5CC5)nc5ccc6c(c45)OCO6)O3)CN2C1=O)C(F)(F)F. The van der Waals surface area contributed by atoms with E-state index < -0.39 is 79.5 Å². The molecule has 4 amide bonds. The van der Waals surface area contributed by atoms with Gasteiger partial charge in [-0.3, -0.25) is 19.1 Å². The number of aromatic nitrogens is 1. The number of nitrogens with zero attached hydrogens (tertiary/aromatic N) is 2. The molecule has 1 saturated heterocycles. The molecule has 4 fully saturated rings. The number of allylic oxidation sites excluding steroid dienone is 1. The number of rotatable bonds is 6. The van der Waals surface area contributed by atoms with Crippen LogP contribution in [0.15, 0.2) is 24.3 Å². The number of aryl methyl sites for hydroxylation is 1. The molecular formula is C43H52F3N5O10S. The normalized spacial score (nSPS) is 30.0. The summed E-state index contributed by atoms with van der Waals surface area (Å²) >= 11 is 0. The van der Waals surface area contributed by atoms with E-state index in [0.29, 0.717) is 88.9 Å². The Bertz CT molecular complexity index is 2370. The third-order valence-electron chi connectivity index (χ3n) is 14.1. The molecular weight excluding hydrogens is 836 g/mol. The zero-order chi connectivity index (χ0) is 44.0. The lowest BCUT2D eigenvalue weighted by Gasteiger charge is -2.48. The Morgan fingerprint density at radius 2 is 1.77 bits per heavy atom. The predicted molar refractivity (Wildman–Crippen MR) is 216 cm³/mol. The number of amides is 4. The molecule has 62 heavy (non-hydrogen) atoms. The first-order valence-electron chi connectivity index (χ1n) is 21.6. The third-order valence-corrected chi connectivity index (χ3v) is 16.2. The monoisotopic (exact) mass is 887 g/mol. The van der Waals surface area contributed by atoms with E-state index in [2.05, 4.69) is 15.4 Å². The maximum atomic E-state index is 14.9. The number of carbonyl (C=O) groups is 4. The highest BCUT2D eigenvalue weighted by atomic mass is 32.2. The zero-order valence-electron chi connectivity index (χ0n) is 35.0. The zero-order valence-corrected chi connectivity index (χ0v) is 35.8. The molecule has 9 rings (SSSR count). The summed E-state index contributed by atoms with van der Waals surface area (Å²) in [6.07, 6.45) is 3.50. The molecule has 5 heterocycles. The Morgan fingerprint density at radius 3 is 2.47 bits per heavy atom. The van der Waals surface area contributed by atoms with Crippen LogP contribution >= 0.6 is 0 Å². The Hall–Kier alpha value is -4.81. The molecule has 5 atom stereocenters. The van der Waals surface area contributed by atoms with Gasteiger partial charge in [-0.2, -0.15) is 13.2 Å². The summed E-state index contributed by atoms with van der Waals surface area (Å²) in [6, 6.07) is 1.01. The van der Waals surface area contributed by atoms with Crippen LogP contribution in [0.5, 0.6) is 17.2 Å². The maximum absolute atomic E-state index is 14.9. The van der Waals surface area contributed by atoms with Crippen LogP contribution in [0.4, 0.5) is 18.0 Å². The van der Waals surface area contributed by atoms with Gasteiger partial charge in [-0.15, -0.1) is 0 Å². The summed E-state index contributed by atoms with van der Waals surface area (Å²) in [5, 5.41) is 6.08. The van der Waals surface area contributed by atoms with E-state index in [0.717, 1.165) is 35.0 Å². The average Bonchev–Trinajstić information content (AvgIpc) is 4.10. The highest BCUT2D eigenvalue weighted by Crippen LogP contribution is 2.54. The summed E-state index contributed by atoms with van der Waals surface area (Å²) in [7, 11) is -4.09. The van der Waals surface area contributed by atoms with E-state index >= 15 is 0 Å². The molecule has 15 nitrogen and oxygen atoms in total. The highest BCUT2D eigenvalue weighted by molar-refractivity contribution is 7.91. The fourth-order valence-corrected chi connectivity index (χ4v) is 10.8. The average molecular weight is 888 g/mol. The van der Waals surface area contributed by atoms with Crippen LogP contribution in [-0.4, -0.2) is 95.2 Å². The molecule has 19 heteroatoms. The van der Waals surface area contributed by atoms with Gasteiger partial charge in [0.1, 0.15) is 29.0 Å². The van der Waals surface area contributed by atoms with Crippen molar-refractivity contribution in [2.24, 2.45) is 5.92 Å². The Kier molecular flexibility index (Phi) is 10.2. The fourth-order valence-electron chi connectivity index (χ4n) is 9.48. The molecule has 1 spiro atoms. The van der Waals surface area contributed by atoms with Crippen LogP contribution in [0.2, 0.25) is 0 Å². The number of hydrogen-bond acceptors (Lipinski definition) is 11. The summed E-state index contributed by atoms with van der Waals surface area (Å²) in [6.45, 7) is 2.87. The number of fused-ring (bicyclic) bond motifs is 7. The predicted octanol–water partition coefficient (Wildman–Crippen LogP) is 5.73. The van der Waals surface area contributed by atoms with Gasteiger partial charge in [0.25, 0.3) is 5.91 Å². The number of alkyl halides is 3. The molecule has 4 aliphatic heterocycles. The van der Waals surface area contributed by atoms with Crippen molar-refractivity contribution in [3.63, 3.8) is 0 Å². The summed E-state index contributed by atoms with van der Waals surface area (Å²) in [5.74, 6) is -1.08. The Balaban J connectivity index is 1.08. The smallest absolute Gasteiger partial charge is 0.427 e. The van der Waals surface area contributed by atoms with Gasteiger partial charge < -0.3 is 34.5 Å². The fraction of sp³-hybridized carbons (Fsp3) is 0.651. The number of halogens is 3. The third kappa shape index (κ3) is 7.38. The molecule has 0 bridgehead atoms. The minimum Gasteiger partial charge on any atom is -0.483 e. The van der Waals surface area contributed by atoms with Crippen molar-refractivity contribution >= 4 is 44.7 Å². The number of benzene rings is 1. The van der Waals surface area contributed by atoms with Crippen LogP contribution < -0.4 is 29.6 Å². The van der Waals surface area contributed by atoms with E-state index in [1.807, 2.05) is 24.3 Å². The Labute approximate surface area is 357 Å². The lowest BCUT2D eigenvalue weighted by atomic mass is 9.65. The van der Waals surface area contributed by atoms with E-state index in [-0.39, 0.29) is 38.5 Å². The molecule has 7 aliphatic rings. The lowest BCUT2D eigenvalue weighted by molar-refractivity contribution is -0.244. The number of sulfonamides is 1. The maximum Gasteiger partial charge on any atom is 0.427 e. The topological polar surface area (TPSA) is 192 Å². The van der Waals surface area contributed by atoms with Gasteiger partial charge in [0.2, 0.25) is 34.2 Å². The van der Waals surface area contributed by atoms with Gasteiger partial charge in [-0.25, -0.2) is 18.2 Å². The second-order valence-electron chi connectivity index (χ2n) is 18.9. The first-order valence-corrected chi connectivity index (χ1v) is 23.1. The number of nitrogens with one attached hydrogen (secondary N) is 3. The van der Waals surface area contributed by atoms with Crippen LogP contribution in [0, 0.1) is 5.92 Å². The first-order chi connectivity index (χ1) is 29.3. The first kappa shape index (κ1) is 42.5. The van der Waals surface area contributed by atoms with Gasteiger partial charge in [-0.1, -0.05) is 25.0 Å². The molecule has 336 valence electrons. The number of pyridine rings is 1. The van der Waals surface area contributed by atoms with Crippen molar-refractivity contribution in [1.29, 1.82) is 0 Å². The number of ether oxygens (including phenoxy) is 4. The molecule has 0 unspecified atom stereocenters. The molecule has 0 radical (unpaired) electrons. The second kappa shape index (κ2) is 14.9. The standard InChI is InChI=1S/C43H52F3N5O10S/c1-39(2,43(44,45)46)61-38(55)48-28-10-8-6-4-5-7-9-25-15-18-42(25,37(54)50-62(56,57)40(3)19-20-40)49-35(52)29-21-41(22-51(29)36(28)53)17-16-26-31-27(13-14-30-34(31)59-23-58-30)47-32(24-11-12-24)33(26)60-41/h7,9,13-14,24-25,28-29H,4-6,8,10-12,15-23H2,1-3H3,(H,48,55)(H,49,52)(H,50,54)/b9-7-/t25-,28+,29+,41-,42-/m1/s1. The van der Waals surface area contributed by atoms with E-state index in [4.69, 9.17) is 23.9 Å².